The van der Waals surface area contributed by atoms with Gasteiger partial charge in [-0.25, -0.2) is 13.4 Å². The van der Waals surface area contributed by atoms with Crippen LogP contribution in [0, 0.1) is 0 Å². The van der Waals surface area contributed by atoms with Crippen molar-refractivity contribution in [1.29, 1.82) is 0 Å². The lowest BCUT2D eigenvalue weighted by atomic mass is 9.97. The summed E-state index contributed by atoms with van der Waals surface area (Å²) in [5, 5.41) is 3.84. The number of hydrogen-bond donors (Lipinski definition) is 0. The normalized spacial score (nSPS) is 14.0. The zero-order valence-corrected chi connectivity index (χ0v) is 25.7. The fourth-order valence-electron chi connectivity index (χ4n) is 5.32. The first-order valence-electron chi connectivity index (χ1n) is 14.1. The fourth-order valence-corrected chi connectivity index (χ4v) is 7.94. The van der Waals surface area contributed by atoms with Crippen LogP contribution in [-0.4, -0.2) is 37.3 Å². The third-order valence-electron chi connectivity index (χ3n) is 7.68. The van der Waals surface area contributed by atoms with Crippen molar-refractivity contribution < 1.29 is 13.2 Å². The largest absolute Gasteiger partial charge is 0.339 e. The maximum Gasteiger partial charge on any atom is 0.264 e. The summed E-state index contributed by atoms with van der Waals surface area (Å²) in [4.78, 5) is 20.3. The zero-order chi connectivity index (χ0) is 29.8. The molecule has 5 aromatic rings. The molecule has 218 valence electrons. The summed E-state index contributed by atoms with van der Waals surface area (Å²) in [6.07, 6.45) is 1.60. The number of amides is 1. The Bertz CT molecular complexity index is 1800. The predicted molar refractivity (Wildman–Crippen MR) is 173 cm³/mol. The molecule has 1 fully saturated rings. The Hall–Kier alpha value is -3.98. The SMILES string of the molecule is O=C(c1cccc(S(=O)(=O)N(Cc2ccccc2)c2ccccc2)c1)N1CCC(c2nc(-c3ccc(Cl)cc3)cs2)CC1. The van der Waals surface area contributed by atoms with Gasteiger partial charge in [0.05, 0.1) is 27.8 Å². The van der Waals surface area contributed by atoms with Crippen molar-refractivity contribution >= 4 is 44.6 Å². The van der Waals surface area contributed by atoms with Gasteiger partial charge in [0.15, 0.2) is 0 Å². The number of likely N-dealkylation sites (tertiary alicyclic amines) is 1. The smallest absolute Gasteiger partial charge is 0.264 e. The van der Waals surface area contributed by atoms with Crippen molar-refractivity contribution in [3.05, 3.63) is 136 Å². The van der Waals surface area contributed by atoms with Gasteiger partial charge in [-0.1, -0.05) is 78.3 Å². The molecule has 0 aliphatic carbocycles. The van der Waals surface area contributed by atoms with Gasteiger partial charge < -0.3 is 4.90 Å². The summed E-state index contributed by atoms with van der Waals surface area (Å²) in [6.45, 7) is 1.34. The highest BCUT2D eigenvalue weighted by atomic mass is 35.5. The topological polar surface area (TPSA) is 70.6 Å². The molecule has 2 heterocycles. The van der Waals surface area contributed by atoms with Crippen LogP contribution >= 0.6 is 22.9 Å². The molecule has 1 saturated heterocycles. The molecule has 0 saturated carbocycles. The maximum atomic E-state index is 14.0. The number of halogens is 1. The first kappa shape index (κ1) is 29.1. The second-order valence-corrected chi connectivity index (χ2v) is 13.7. The van der Waals surface area contributed by atoms with Crippen molar-refractivity contribution in [2.75, 3.05) is 17.4 Å². The van der Waals surface area contributed by atoms with Crippen LogP contribution in [0.3, 0.4) is 0 Å². The molecule has 1 aliphatic rings. The van der Waals surface area contributed by atoms with Gasteiger partial charge >= 0.3 is 0 Å². The molecule has 0 N–H and O–H groups in total. The van der Waals surface area contributed by atoms with E-state index >= 15 is 0 Å². The number of carbonyl (C=O) groups excluding carboxylic acids is 1. The highest BCUT2D eigenvalue weighted by Gasteiger charge is 2.29. The average Bonchev–Trinajstić information content (AvgIpc) is 3.55. The van der Waals surface area contributed by atoms with Crippen LogP contribution in [0.4, 0.5) is 5.69 Å². The molecule has 0 radical (unpaired) electrons. The first-order chi connectivity index (χ1) is 20.9. The molecule has 0 bridgehead atoms. The van der Waals surface area contributed by atoms with Gasteiger partial charge in [-0.15, -0.1) is 11.3 Å². The van der Waals surface area contributed by atoms with Gasteiger partial charge in [-0.3, -0.25) is 9.10 Å². The van der Waals surface area contributed by atoms with E-state index in [4.69, 9.17) is 16.6 Å². The molecular weight excluding hydrogens is 598 g/mol. The average molecular weight is 628 g/mol. The Morgan fingerprint density at radius 1 is 0.884 bits per heavy atom. The van der Waals surface area contributed by atoms with Crippen LogP contribution < -0.4 is 4.31 Å². The third-order valence-corrected chi connectivity index (χ3v) is 10.7. The van der Waals surface area contributed by atoms with Crippen LogP contribution in [0.15, 0.2) is 119 Å². The van der Waals surface area contributed by atoms with Crippen molar-refractivity contribution in [3.8, 4) is 11.3 Å². The van der Waals surface area contributed by atoms with Gasteiger partial charge in [0.25, 0.3) is 15.9 Å². The Morgan fingerprint density at radius 3 is 2.26 bits per heavy atom. The molecule has 6 nitrogen and oxygen atoms in total. The predicted octanol–water partition coefficient (Wildman–Crippen LogP) is 7.88. The van der Waals surface area contributed by atoms with Gasteiger partial charge in [0, 0.05) is 40.5 Å². The van der Waals surface area contributed by atoms with E-state index in [1.165, 1.54) is 10.4 Å². The maximum absolute atomic E-state index is 14.0. The number of carbonyl (C=O) groups is 1. The van der Waals surface area contributed by atoms with E-state index in [1.807, 2.05) is 77.7 Å². The number of benzene rings is 4. The molecular formula is C34H30ClN3O3S2. The van der Waals surface area contributed by atoms with E-state index in [0.717, 1.165) is 34.7 Å². The van der Waals surface area contributed by atoms with Crippen LogP contribution in [0.1, 0.15) is 39.7 Å². The van der Waals surface area contributed by atoms with Crippen LogP contribution in [-0.2, 0) is 16.6 Å². The summed E-state index contributed by atoms with van der Waals surface area (Å²) >= 11 is 7.68. The van der Waals surface area contributed by atoms with Crippen LogP contribution in [0.2, 0.25) is 5.02 Å². The molecule has 0 spiro atoms. The van der Waals surface area contributed by atoms with Crippen molar-refractivity contribution in [3.63, 3.8) is 0 Å². The van der Waals surface area contributed by atoms with Crippen LogP contribution in [0.5, 0.6) is 0 Å². The number of aromatic nitrogens is 1. The lowest BCUT2D eigenvalue weighted by Crippen LogP contribution is -2.38. The number of thiazole rings is 1. The quantitative estimate of drug-likeness (QED) is 0.175. The van der Waals surface area contributed by atoms with Crippen molar-refractivity contribution in [1.82, 2.24) is 9.88 Å². The zero-order valence-electron chi connectivity index (χ0n) is 23.3. The Kier molecular flexibility index (Phi) is 8.61. The number of sulfonamides is 1. The lowest BCUT2D eigenvalue weighted by Gasteiger charge is -2.31. The monoisotopic (exact) mass is 627 g/mol. The number of para-hydroxylation sites is 1. The molecule has 0 atom stereocenters. The van der Waals surface area contributed by atoms with Gasteiger partial charge in [0.2, 0.25) is 0 Å². The summed E-state index contributed by atoms with van der Waals surface area (Å²) < 4.78 is 29.4. The number of hydrogen-bond acceptors (Lipinski definition) is 5. The highest BCUT2D eigenvalue weighted by Crippen LogP contribution is 2.34. The number of piperidine rings is 1. The van der Waals surface area contributed by atoms with E-state index in [2.05, 4.69) is 5.38 Å². The van der Waals surface area contributed by atoms with Gasteiger partial charge in [-0.05, 0) is 60.9 Å². The minimum Gasteiger partial charge on any atom is -0.339 e. The highest BCUT2D eigenvalue weighted by molar-refractivity contribution is 7.92. The molecule has 1 aromatic heterocycles. The summed E-state index contributed by atoms with van der Waals surface area (Å²) in [6, 6.07) is 32.6. The molecule has 1 amide bonds. The van der Waals surface area contributed by atoms with E-state index in [9.17, 15) is 13.2 Å². The van der Waals surface area contributed by atoms with Gasteiger partial charge in [0.1, 0.15) is 0 Å². The first-order valence-corrected chi connectivity index (χ1v) is 16.8. The molecule has 1 aliphatic heterocycles. The molecule has 9 heteroatoms. The van der Waals surface area contributed by atoms with E-state index in [-0.39, 0.29) is 23.3 Å². The summed E-state index contributed by atoms with van der Waals surface area (Å²) in [7, 11) is -3.96. The fraction of sp³-hybridized carbons (Fsp3) is 0.176. The molecule has 6 rings (SSSR count). The number of nitrogens with zero attached hydrogens (tertiary/aromatic N) is 3. The third kappa shape index (κ3) is 6.51. The van der Waals surface area contributed by atoms with E-state index < -0.39 is 10.0 Å². The minimum absolute atomic E-state index is 0.0885. The van der Waals surface area contributed by atoms with Gasteiger partial charge in [-0.2, -0.15) is 0 Å². The Labute approximate surface area is 261 Å². The molecule has 43 heavy (non-hydrogen) atoms. The second-order valence-electron chi connectivity index (χ2n) is 10.5. The number of rotatable bonds is 8. The van der Waals surface area contributed by atoms with Crippen molar-refractivity contribution in [2.24, 2.45) is 0 Å². The van der Waals surface area contributed by atoms with E-state index in [0.29, 0.717) is 29.4 Å². The minimum atomic E-state index is -3.96. The Balaban J connectivity index is 1.17. The summed E-state index contributed by atoms with van der Waals surface area (Å²) in [5.41, 5.74) is 3.76. The summed E-state index contributed by atoms with van der Waals surface area (Å²) in [5.74, 6) is 0.116. The lowest BCUT2D eigenvalue weighted by molar-refractivity contribution is 0.0712. The van der Waals surface area contributed by atoms with Crippen molar-refractivity contribution in [2.45, 2.75) is 30.2 Å². The second kappa shape index (κ2) is 12.7. The standard InChI is InChI=1S/C34H30ClN3O3S2/c35-29-16-14-26(15-17-29)32-24-42-33(36-32)27-18-20-37(21-19-27)34(39)28-10-7-13-31(22-28)43(40,41)38(30-11-5-2-6-12-30)23-25-8-3-1-4-9-25/h1-17,22,24,27H,18-21,23H2. The van der Waals surface area contributed by atoms with Crippen LogP contribution in [0.25, 0.3) is 11.3 Å². The molecule has 0 unspecified atom stereocenters. The van der Waals surface area contributed by atoms with E-state index in [1.54, 1.807) is 41.7 Å². The molecule has 4 aromatic carbocycles. The number of anilines is 1. The Morgan fingerprint density at radius 2 is 1.56 bits per heavy atom.